The highest BCUT2D eigenvalue weighted by molar-refractivity contribution is 5.47. The van der Waals surface area contributed by atoms with E-state index in [-0.39, 0.29) is 0 Å². The molecule has 0 aliphatic heterocycles. The number of ether oxygens (including phenoxy) is 1. The molecule has 0 fully saturated rings. The first kappa shape index (κ1) is 15.7. The molecular weight excluding hydrogens is 278 g/mol. The van der Waals surface area contributed by atoms with E-state index in [4.69, 9.17) is 10.00 Å². The summed E-state index contributed by atoms with van der Waals surface area (Å²) in [6.45, 7) is 2.12. The maximum atomic E-state index is 8.96. The van der Waals surface area contributed by atoms with Crippen LogP contribution in [-0.4, -0.2) is 42.1 Å². The van der Waals surface area contributed by atoms with Crippen LogP contribution in [0.15, 0.2) is 36.7 Å². The average molecular weight is 297 g/mol. The molecule has 0 saturated heterocycles. The van der Waals surface area contributed by atoms with Crippen LogP contribution >= 0.6 is 0 Å². The third-order valence-electron chi connectivity index (χ3n) is 2.99. The molecule has 0 aliphatic carbocycles. The summed E-state index contributed by atoms with van der Waals surface area (Å²) in [6.07, 6.45) is 3.06. The fourth-order valence-electron chi connectivity index (χ4n) is 1.78. The van der Waals surface area contributed by atoms with Crippen LogP contribution in [0.4, 0.5) is 5.82 Å². The van der Waals surface area contributed by atoms with E-state index in [1.807, 2.05) is 44.4 Å². The van der Waals surface area contributed by atoms with Crippen molar-refractivity contribution in [2.45, 2.75) is 6.54 Å². The van der Waals surface area contributed by atoms with Gasteiger partial charge in [0, 0.05) is 25.5 Å². The van der Waals surface area contributed by atoms with Gasteiger partial charge < -0.3 is 15.0 Å². The molecule has 0 amide bonds. The molecule has 0 atom stereocenters. The van der Waals surface area contributed by atoms with Gasteiger partial charge in [0.05, 0.1) is 0 Å². The summed E-state index contributed by atoms with van der Waals surface area (Å²) in [5, 5.41) is 12.1. The lowest BCUT2D eigenvalue weighted by Gasteiger charge is -2.11. The molecular formula is C16H19N5O. The number of nitrogens with zero attached hydrogens (tertiary/aromatic N) is 4. The lowest BCUT2D eigenvalue weighted by atomic mass is 10.2. The van der Waals surface area contributed by atoms with Crippen LogP contribution in [0.5, 0.6) is 5.75 Å². The van der Waals surface area contributed by atoms with Crippen molar-refractivity contribution < 1.29 is 4.74 Å². The summed E-state index contributed by atoms with van der Waals surface area (Å²) in [7, 11) is 4.03. The Balaban J connectivity index is 1.87. The van der Waals surface area contributed by atoms with Crippen molar-refractivity contribution in [3.8, 4) is 11.8 Å². The van der Waals surface area contributed by atoms with E-state index in [2.05, 4.69) is 20.2 Å². The summed E-state index contributed by atoms with van der Waals surface area (Å²) in [6, 6.07) is 9.86. The molecule has 22 heavy (non-hydrogen) atoms. The lowest BCUT2D eigenvalue weighted by Crippen LogP contribution is -2.19. The smallest absolute Gasteiger partial charge is 0.182 e. The van der Waals surface area contributed by atoms with E-state index in [0.717, 1.165) is 17.9 Å². The van der Waals surface area contributed by atoms with Crippen molar-refractivity contribution in [1.82, 2.24) is 14.9 Å². The van der Waals surface area contributed by atoms with Crippen molar-refractivity contribution in [1.29, 1.82) is 5.26 Å². The minimum atomic E-state index is 0.297. The average Bonchev–Trinajstić information content (AvgIpc) is 2.54. The van der Waals surface area contributed by atoms with Gasteiger partial charge in [-0.1, -0.05) is 12.1 Å². The van der Waals surface area contributed by atoms with Gasteiger partial charge in [0.2, 0.25) is 0 Å². The SMILES string of the molecule is CN(C)CCOc1ccc(CNc2nccnc2C#N)cc1. The minimum Gasteiger partial charge on any atom is -0.492 e. The maximum absolute atomic E-state index is 8.96. The molecule has 0 radical (unpaired) electrons. The zero-order valence-electron chi connectivity index (χ0n) is 12.8. The summed E-state index contributed by atoms with van der Waals surface area (Å²) in [4.78, 5) is 10.2. The molecule has 6 heteroatoms. The normalized spacial score (nSPS) is 10.3. The highest BCUT2D eigenvalue weighted by Gasteiger charge is 2.03. The number of hydrogen-bond donors (Lipinski definition) is 1. The monoisotopic (exact) mass is 297 g/mol. The van der Waals surface area contributed by atoms with Gasteiger partial charge in [-0.15, -0.1) is 0 Å². The molecule has 1 aromatic carbocycles. The third kappa shape index (κ3) is 4.72. The zero-order valence-corrected chi connectivity index (χ0v) is 12.8. The van der Waals surface area contributed by atoms with Gasteiger partial charge in [0.25, 0.3) is 0 Å². The number of nitriles is 1. The number of likely N-dealkylation sites (N-methyl/N-ethyl adjacent to an activating group) is 1. The Kier molecular flexibility index (Phi) is 5.69. The maximum Gasteiger partial charge on any atom is 0.182 e. The number of nitrogens with one attached hydrogen (secondary N) is 1. The Morgan fingerprint density at radius 1 is 1.18 bits per heavy atom. The summed E-state index contributed by atoms with van der Waals surface area (Å²) in [5.74, 6) is 1.35. The van der Waals surface area contributed by atoms with Gasteiger partial charge in [-0.3, -0.25) is 0 Å². The van der Waals surface area contributed by atoms with Gasteiger partial charge >= 0.3 is 0 Å². The van der Waals surface area contributed by atoms with Gasteiger partial charge in [-0.25, -0.2) is 9.97 Å². The first-order chi connectivity index (χ1) is 10.7. The van der Waals surface area contributed by atoms with Crippen LogP contribution in [0, 0.1) is 11.3 Å². The highest BCUT2D eigenvalue weighted by atomic mass is 16.5. The van der Waals surface area contributed by atoms with Crippen LogP contribution in [0.25, 0.3) is 0 Å². The first-order valence-electron chi connectivity index (χ1n) is 7.00. The van der Waals surface area contributed by atoms with Gasteiger partial charge in [-0.2, -0.15) is 5.26 Å². The van der Waals surface area contributed by atoms with E-state index < -0.39 is 0 Å². The Labute approximate surface area is 130 Å². The predicted molar refractivity (Wildman–Crippen MR) is 84.6 cm³/mol. The number of rotatable bonds is 7. The summed E-state index contributed by atoms with van der Waals surface area (Å²) in [5.41, 5.74) is 1.38. The van der Waals surface area contributed by atoms with E-state index in [1.54, 1.807) is 6.20 Å². The third-order valence-corrected chi connectivity index (χ3v) is 2.99. The molecule has 2 aromatic rings. The van der Waals surface area contributed by atoms with Crippen LogP contribution in [0.3, 0.4) is 0 Å². The Morgan fingerprint density at radius 2 is 1.91 bits per heavy atom. The molecule has 0 aliphatic rings. The van der Waals surface area contributed by atoms with Crippen LogP contribution in [0.1, 0.15) is 11.3 Å². The largest absolute Gasteiger partial charge is 0.492 e. The van der Waals surface area contributed by atoms with Gasteiger partial charge in [0.1, 0.15) is 18.4 Å². The fourth-order valence-corrected chi connectivity index (χ4v) is 1.78. The molecule has 1 heterocycles. The Bertz CT molecular complexity index is 634. The van der Waals surface area contributed by atoms with Crippen molar-refractivity contribution in [3.63, 3.8) is 0 Å². The van der Waals surface area contributed by atoms with Crippen LogP contribution in [0.2, 0.25) is 0 Å². The summed E-state index contributed by atoms with van der Waals surface area (Å²) < 4.78 is 5.64. The number of anilines is 1. The van der Waals surface area contributed by atoms with E-state index >= 15 is 0 Å². The molecule has 1 N–H and O–H groups in total. The number of benzene rings is 1. The van der Waals surface area contributed by atoms with E-state index in [1.165, 1.54) is 6.20 Å². The molecule has 1 aromatic heterocycles. The Morgan fingerprint density at radius 3 is 2.59 bits per heavy atom. The van der Waals surface area contributed by atoms with Crippen molar-refractivity contribution in [2.75, 3.05) is 32.6 Å². The number of aromatic nitrogens is 2. The lowest BCUT2D eigenvalue weighted by molar-refractivity contribution is 0.261. The second-order valence-corrected chi connectivity index (χ2v) is 5.01. The van der Waals surface area contributed by atoms with Gasteiger partial charge in [0.15, 0.2) is 11.5 Å². The predicted octanol–water partition coefficient (Wildman–Crippen LogP) is 1.90. The van der Waals surface area contributed by atoms with Gasteiger partial charge in [-0.05, 0) is 31.8 Å². The quantitative estimate of drug-likeness (QED) is 0.841. The van der Waals surface area contributed by atoms with Crippen molar-refractivity contribution in [2.24, 2.45) is 0 Å². The Hall–Kier alpha value is -2.65. The minimum absolute atomic E-state index is 0.297. The molecule has 0 bridgehead atoms. The van der Waals surface area contributed by atoms with Crippen molar-refractivity contribution >= 4 is 5.82 Å². The van der Waals surface area contributed by atoms with Crippen molar-refractivity contribution in [3.05, 3.63) is 47.9 Å². The molecule has 0 spiro atoms. The first-order valence-corrected chi connectivity index (χ1v) is 7.00. The number of hydrogen-bond acceptors (Lipinski definition) is 6. The van der Waals surface area contributed by atoms with E-state index in [0.29, 0.717) is 24.7 Å². The fraction of sp³-hybridized carbons (Fsp3) is 0.312. The second kappa shape index (κ2) is 7.96. The zero-order chi connectivity index (χ0) is 15.8. The van der Waals surface area contributed by atoms with Crippen LogP contribution < -0.4 is 10.1 Å². The second-order valence-electron chi connectivity index (χ2n) is 5.01. The molecule has 6 nitrogen and oxygen atoms in total. The molecule has 2 rings (SSSR count). The molecule has 0 saturated carbocycles. The van der Waals surface area contributed by atoms with E-state index in [9.17, 15) is 0 Å². The van der Waals surface area contributed by atoms with Crippen LogP contribution in [-0.2, 0) is 6.54 Å². The molecule has 0 unspecified atom stereocenters. The highest BCUT2D eigenvalue weighted by Crippen LogP contribution is 2.14. The topological polar surface area (TPSA) is 74.1 Å². The standard InChI is InChI=1S/C16H19N5O/c1-21(2)9-10-22-14-5-3-13(4-6-14)12-20-16-15(11-17)18-7-8-19-16/h3-8H,9-10,12H2,1-2H3,(H,19,20). The molecule has 114 valence electrons. The summed E-state index contributed by atoms with van der Waals surface area (Å²) >= 11 is 0.